The summed E-state index contributed by atoms with van der Waals surface area (Å²) in [5.74, 6) is 0.704. The van der Waals surface area contributed by atoms with Gasteiger partial charge in [0.2, 0.25) is 0 Å². The van der Waals surface area contributed by atoms with Crippen LogP contribution < -0.4 is 5.32 Å². The van der Waals surface area contributed by atoms with E-state index in [0.29, 0.717) is 5.92 Å². The van der Waals surface area contributed by atoms with E-state index in [4.69, 9.17) is 0 Å². The van der Waals surface area contributed by atoms with Crippen LogP contribution in [0.25, 0.3) is 0 Å². The van der Waals surface area contributed by atoms with Gasteiger partial charge in [-0.3, -0.25) is 0 Å². The SMILES string of the molecule is CNC(C)(CO)CCCN(CCN(C)C)CC(C)C. The molecule has 116 valence electrons. The molecular formula is C15H35N3O. The van der Waals surface area contributed by atoms with Gasteiger partial charge in [0.1, 0.15) is 0 Å². The summed E-state index contributed by atoms with van der Waals surface area (Å²) < 4.78 is 0. The Hall–Kier alpha value is -0.160. The van der Waals surface area contributed by atoms with Crippen LogP contribution >= 0.6 is 0 Å². The molecule has 0 aromatic rings. The number of hydrogen-bond acceptors (Lipinski definition) is 4. The fourth-order valence-corrected chi connectivity index (χ4v) is 2.13. The van der Waals surface area contributed by atoms with Crippen molar-refractivity contribution in [3.8, 4) is 0 Å². The second kappa shape index (κ2) is 9.70. The van der Waals surface area contributed by atoms with Crippen molar-refractivity contribution in [2.45, 2.75) is 39.2 Å². The van der Waals surface area contributed by atoms with Crippen molar-refractivity contribution >= 4 is 0 Å². The average molecular weight is 273 g/mol. The maximum absolute atomic E-state index is 9.39. The van der Waals surface area contributed by atoms with E-state index in [0.717, 1.165) is 39.0 Å². The number of nitrogens with zero attached hydrogens (tertiary/aromatic N) is 2. The van der Waals surface area contributed by atoms with Gasteiger partial charge in [-0.25, -0.2) is 0 Å². The molecule has 0 aromatic heterocycles. The van der Waals surface area contributed by atoms with Crippen molar-refractivity contribution in [1.82, 2.24) is 15.1 Å². The molecule has 0 bridgehead atoms. The van der Waals surface area contributed by atoms with Crippen molar-refractivity contribution in [2.75, 3.05) is 53.9 Å². The summed E-state index contributed by atoms with van der Waals surface area (Å²) in [5, 5.41) is 12.6. The van der Waals surface area contributed by atoms with Crippen molar-refractivity contribution in [1.29, 1.82) is 0 Å². The standard InChI is InChI=1S/C15H35N3O/c1-14(2)12-18(11-10-17(5)6)9-7-8-15(3,13-19)16-4/h14,16,19H,7-13H2,1-6H3. The maximum atomic E-state index is 9.39. The van der Waals surface area contributed by atoms with Gasteiger partial charge in [-0.1, -0.05) is 13.8 Å². The number of likely N-dealkylation sites (N-methyl/N-ethyl adjacent to an activating group) is 2. The van der Waals surface area contributed by atoms with Gasteiger partial charge in [0, 0.05) is 25.2 Å². The minimum atomic E-state index is -0.134. The van der Waals surface area contributed by atoms with Crippen molar-refractivity contribution in [2.24, 2.45) is 5.92 Å². The molecule has 0 aliphatic carbocycles. The predicted molar refractivity (Wildman–Crippen MR) is 83.6 cm³/mol. The van der Waals surface area contributed by atoms with E-state index < -0.39 is 0 Å². The molecule has 0 radical (unpaired) electrons. The highest BCUT2D eigenvalue weighted by Crippen LogP contribution is 2.12. The van der Waals surface area contributed by atoms with Gasteiger partial charge in [0.25, 0.3) is 0 Å². The number of aliphatic hydroxyl groups excluding tert-OH is 1. The van der Waals surface area contributed by atoms with E-state index in [1.807, 2.05) is 7.05 Å². The predicted octanol–water partition coefficient (Wildman–Crippen LogP) is 1.26. The monoisotopic (exact) mass is 273 g/mol. The minimum absolute atomic E-state index is 0.134. The Kier molecular flexibility index (Phi) is 9.62. The van der Waals surface area contributed by atoms with Crippen LogP contribution in [0.15, 0.2) is 0 Å². The zero-order valence-electron chi connectivity index (χ0n) is 13.9. The van der Waals surface area contributed by atoms with Crippen LogP contribution in [0.5, 0.6) is 0 Å². The summed E-state index contributed by atoms with van der Waals surface area (Å²) in [6, 6.07) is 0. The Morgan fingerprint density at radius 3 is 2.21 bits per heavy atom. The highest BCUT2D eigenvalue weighted by atomic mass is 16.3. The molecular weight excluding hydrogens is 238 g/mol. The second-order valence-electron chi connectivity index (χ2n) is 6.57. The van der Waals surface area contributed by atoms with Gasteiger partial charge in [-0.05, 0) is 53.4 Å². The van der Waals surface area contributed by atoms with Gasteiger partial charge in [-0.15, -0.1) is 0 Å². The van der Waals surface area contributed by atoms with Gasteiger partial charge in [0.15, 0.2) is 0 Å². The molecule has 0 fully saturated rings. The van der Waals surface area contributed by atoms with E-state index >= 15 is 0 Å². The molecule has 1 atom stereocenters. The van der Waals surface area contributed by atoms with Crippen molar-refractivity contribution in [3.05, 3.63) is 0 Å². The van der Waals surface area contributed by atoms with Crippen LogP contribution in [0.1, 0.15) is 33.6 Å². The molecule has 2 N–H and O–H groups in total. The number of nitrogens with one attached hydrogen (secondary N) is 1. The summed E-state index contributed by atoms with van der Waals surface area (Å²) >= 11 is 0. The molecule has 0 heterocycles. The lowest BCUT2D eigenvalue weighted by Crippen LogP contribution is -2.44. The molecule has 4 nitrogen and oxygen atoms in total. The number of rotatable bonds is 11. The molecule has 0 aliphatic heterocycles. The Labute approximate surface area is 120 Å². The first kappa shape index (κ1) is 18.8. The lowest BCUT2D eigenvalue weighted by Gasteiger charge is -2.30. The molecule has 0 aliphatic rings. The largest absolute Gasteiger partial charge is 0.394 e. The lowest BCUT2D eigenvalue weighted by atomic mass is 9.97. The van der Waals surface area contributed by atoms with Gasteiger partial charge in [-0.2, -0.15) is 0 Å². The number of hydrogen-bond donors (Lipinski definition) is 2. The maximum Gasteiger partial charge on any atom is 0.0610 e. The Bertz CT molecular complexity index is 215. The topological polar surface area (TPSA) is 38.7 Å². The zero-order valence-corrected chi connectivity index (χ0v) is 13.9. The fraction of sp³-hybridized carbons (Fsp3) is 1.00. The Balaban J connectivity index is 4.10. The molecule has 1 unspecified atom stereocenters. The molecule has 0 amide bonds. The number of aliphatic hydroxyl groups is 1. The van der Waals surface area contributed by atoms with Gasteiger partial charge < -0.3 is 20.2 Å². The van der Waals surface area contributed by atoms with Crippen molar-refractivity contribution in [3.63, 3.8) is 0 Å². The quantitative estimate of drug-likeness (QED) is 0.594. The summed E-state index contributed by atoms with van der Waals surface area (Å²) in [6.45, 7) is 11.3. The smallest absolute Gasteiger partial charge is 0.0610 e. The Morgan fingerprint density at radius 1 is 1.16 bits per heavy atom. The normalized spacial score (nSPS) is 15.5. The van der Waals surface area contributed by atoms with Gasteiger partial charge in [0.05, 0.1) is 6.61 Å². The molecule has 19 heavy (non-hydrogen) atoms. The van der Waals surface area contributed by atoms with Crippen LogP contribution in [-0.2, 0) is 0 Å². The zero-order chi connectivity index (χ0) is 14.9. The molecule has 0 spiro atoms. The van der Waals surface area contributed by atoms with Crippen LogP contribution in [0.4, 0.5) is 0 Å². The first-order valence-electron chi connectivity index (χ1n) is 7.50. The third kappa shape index (κ3) is 9.38. The highest BCUT2D eigenvalue weighted by molar-refractivity contribution is 4.80. The van der Waals surface area contributed by atoms with Gasteiger partial charge >= 0.3 is 0 Å². The fourth-order valence-electron chi connectivity index (χ4n) is 2.13. The molecule has 4 heteroatoms. The van der Waals surface area contributed by atoms with Crippen LogP contribution in [0.2, 0.25) is 0 Å². The van der Waals surface area contributed by atoms with E-state index in [-0.39, 0.29) is 12.1 Å². The lowest BCUT2D eigenvalue weighted by molar-refractivity contribution is 0.158. The van der Waals surface area contributed by atoms with E-state index in [2.05, 4.69) is 50.0 Å². The third-order valence-corrected chi connectivity index (χ3v) is 3.64. The van der Waals surface area contributed by atoms with E-state index in [9.17, 15) is 5.11 Å². The molecule has 0 rings (SSSR count). The highest BCUT2D eigenvalue weighted by Gasteiger charge is 2.20. The third-order valence-electron chi connectivity index (χ3n) is 3.64. The first-order chi connectivity index (χ1) is 8.83. The molecule has 0 aromatic carbocycles. The van der Waals surface area contributed by atoms with Crippen LogP contribution in [-0.4, -0.2) is 74.4 Å². The first-order valence-corrected chi connectivity index (χ1v) is 7.50. The van der Waals surface area contributed by atoms with Crippen molar-refractivity contribution < 1.29 is 5.11 Å². The summed E-state index contributed by atoms with van der Waals surface area (Å²) in [4.78, 5) is 4.77. The van der Waals surface area contributed by atoms with E-state index in [1.54, 1.807) is 0 Å². The molecule has 0 saturated carbocycles. The minimum Gasteiger partial charge on any atom is -0.394 e. The molecule has 0 saturated heterocycles. The average Bonchev–Trinajstić information content (AvgIpc) is 2.34. The van der Waals surface area contributed by atoms with Crippen LogP contribution in [0.3, 0.4) is 0 Å². The summed E-state index contributed by atoms with van der Waals surface area (Å²) in [6.07, 6.45) is 2.13. The summed E-state index contributed by atoms with van der Waals surface area (Å²) in [7, 11) is 6.17. The summed E-state index contributed by atoms with van der Waals surface area (Å²) in [5.41, 5.74) is -0.134. The van der Waals surface area contributed by atoms with E-state index in [1.165, 1.54) is 0 Å². The Morgan fingerprint density at radius 2 is 1.79 bits per heavy atom. The van der Waals surface area contributed by atoms with Crippen LogP contribution in [0, 0.1) is 5.92 Å². The second-order valence-corrected chi connectivity index (χ2v) is 6.57.